The molecule has 1 N–H and O–H groups in total. The molecule has 5 aromatic rings. The van der Waals surface area contributed by atoms with Crippen molar-refractivity contribution in [3.05, 3.63) is 156 Å². The van der Waals surface area contributed by atoms with Crippen molar-refractivity contribution in [3.8, 4) is 16.9 Å². The molecule has 1 aliphatic rings. The van der Waals surface area contributed by atoms with E-state index in [2.05, 4.69) is 17.4 Å². The summed E-state index contributed by atoms with van der Waals surface area (Å²) >= 11 is 0. The Bertz CT molecular complexity index is 1880. The fourth-order valence-electron chi connectivity index (χ4n) is 5.52. The van der Waals surface area contributed by atoms with E-state index in [-0.39, 0.29) is 36.3 Å². The number of ether oxygens (including phenoxy) is 2. The molecule has 0 aliphatic heterocycles. The van der Waals surface area contributed by atoms with Crippen molar-refractivity contribution < 1.29 is 31.7 Å². The van der Waals surface area contributed by atoms with Crippen LogP contribution in [0.2, 0.25) is 0 Å². The summed E-state index contributed by atoms with van der Waals surface area (Å²) in [6.45, 7) is 0.0787. The SMILES string of the molecule is O=C(NCC(C(=O)OCc1ccccc1)c1ccc(OS(=O)(=O)c2ccccc2)cc1)OCC1c2ccccc2-c2ccccc21. The third-order valence-corrected chi connectivity index (χ3v) is 9.08. The van der Waals surface area contributed by atoms with E-state index in [4.69, 9.17) is 13.7 Å². The number of hydrogen-bond donors (Lipinski definition) is 1. The fraction of sp³-hybridized carbons (Fsp3) is 0.135. The fourth-order valence-corrected chi connectivity index (χ4v) is 6.47. The van der Waals surface area contributed by atoms with Gasteiger partial charge in [0.1, 0.15) is 23.9 Å². The zero-order valence-corrected chi connectivity index (χ0v) is 25.6. The molecular weight excluding hydrogens is 602 g/mol. The van der Waals surface area contributed by atoms with Crippen LogP contribution in [0.1, 0.15) is 34.1 Å². The summed E-state index contributed by atoms with van der Waals surface area (Å²) in [7, 11) is -4.04. The molecule has 0 bridgehead atoms. The molecule has 0 fully saturated rings. The van der Waals surface area contributed by atoms with Crippen LogP contribution in [0.15, 0.2) is 138 Å². The highest BCUT2D eigenvalue weighted by Gasteiger charge is 2.30. The van der Waals surface area contributed by atoms with E-state index >= 15 is 0 Å². The molecule has 1 unspecified atom stereocenters. The van der Waals surface area contributed by atoms with Gasteiger partial charge in [-0.3, -0.25) is 4.79 Å². The lowest BCUT2D eigenvalue weighted by atomic mass is 9.98. The standard InChI is InChI=1S/C37H31NO7S/c39-36(43-24-26-11-3-1-4-12-26)34(27-19-21-28(22-20-27)45-46(41,42)29-13-5-2-6-14-29)23-38-37(40)44-25-35-32-17-9-7-15-30(32)31-16-8-10-18-33(31)35/h1-22,34-35H,23-25H2,(H,38,40). The average Bonchev–Trinajstić information content (AvgIpc) is 3.41. The highest BCUT2D eigenvalue weighted by Crippen LogP contribution is 2.44. The number of esters is 1. The van der Waals surface area contributed by atoms with Gasteiger partial charge in [0, 0.05) is 12.5 Å². The lowest BCUT2D eigenvalue weighted by Crippen LogP contribution is -2.33. The van der Waals surface area contributed by atoms with Gasteiger partial charge in [-0.25, -0.2) is 4.79 Å². The van der Waals surface area contributed by atoms with Crippen LogP contribution in [0.25, 0.3) is 11.1 Å². The monoisotopic (exact) mass is 633 g/mol. The van der Waals surface area contributed by atoms with E-state index < -0.39 is 28.1 Å². The molecule has 46 heavy (non-hydrogen) atoms. The van der Waals surface area contributed by atoms with Crippen molar-refractivity contribution >= 4 is 22.2 Å². The van der Waals surface area contributed by atoms with Crippen LogP contribution in [0.5, 0.6) is 5.75 Å². The van der Waals surface area contributed by atoms with Gasteiger partial charge in [-0.1, -0.05) is 109 Å². The molecule has 9 heteroatoms. The quantitative estimate of drug-likeness (QED) is 0.126. The maximum absolute atomic E-state index is 13.3. The number of carbonyl (C=O) groups is 2. The van der Waals surface area contributed by atoms with Gasteiger partial charge in [0.05, 0.1) is 5.92 Å². The zero-order valence-electron chi connectivity index (χ0n) is 24.7. The van der Waals surface area contributed by atoms with Crippen LogP contribution in [-0.2, 0) is 31.0 Å². The number of rotatable bonds is 11. The van der Waals surface area contributed by atoms with Crippen molar-refractivity contribution in [1.29, 1.82) is 0 Å². The van der Waals surface area contributed by atoms with Gasteiger partial charge in [0.2, 0.25) is 0 Å². The Morgan fingerprint density at radius 1 is 0.674 bits per heavy atom. The Hall–Kier alpha value is -5.41. The third kappa shape index (κ3) is 6.95. The molecule has 1 aliphatic carbocycles. The van der Waals surface area contributed by atoms with Gasteiger partial charge >= 0.3 is 22.2 Å². The predicted molar refractivity (Wildman–Crippen MR) is 173 cm³/mol. The number of alkyl carbamates (subject to hydrolysis) is 1. The van der Waals surface area contributed by atoms with Gasteiger partial charge in [-0.15, -0.1) is 0 Å². The Labute approximate surface area is 267 Å². The first-order valence-corrected chi connectivity index (χ1v) is 16.2. The molecular formula is C37H31NO7S. The maximum Gasteiger partial charge on any atom is 0.407 e. The van der Waals surface area contributed by atoms with E-state index in [9.17, 15) is 18.0 Å². The summed E-state index contributed by atoms with van der Waals surface area (Å²) in [6.07, 6.45) is -0.670. The normalized spacial score (nSPS) is 12.8. The first-order chi connectivity index (χ1) is 22.4. The molecule has 0 saturated heterocycles. The summed E-state index contributed by atoms with van der Waals surface area (Å²) in [5, 5.41) is 2.72. The first-order valence-electron chi connectivity index (χ1n) is 14.8. The smallest absolute Gasteiger partial charge is 0.407 e. The minimum atomic E-state index is -4.04. The van der Waals surface area contributed by atoms with Crippen LogP contribution in [0, 0.1) is 0 Å². The molecule has 232 valence electrons. The van der Waals surface area contributed by atoms with Gasteiger partial charge < -0.3 is 19.0 Å². The van der Waals surface area contributed by atoms with Gasteiger partial charge in [0.25, 0.3) is 0 Å². The van der Waals surface area contributed by atoms with E-state index in [1.165, 1.54) is 24.3 Å². The molecule has 5 aromatic carbocycles. The molecule has 1 amide bonds. The predicted octanol–water partition coefficient (Wildman–Crippen LogP) is 6.82. The van der Waals surface area contributed by atoms with Crippen molar-refractivity contribution in [2.75, 3.05) is 13.2 Å². The van der Waals surface area contributed by atoms with E-state index in [1.54, 1.807) is 30.3 Å². The van der Waals surface area contributed by atoms with Gasteiger partial charge in [-0.2, -0.15) is 8.42 Å². The van der Waals surface area contributed by atoms with Gasteiger partial charge in [0.15, 0.2) is 0 Å². The summed E-state index contributed by atoms with van der Waals surface area (Å²) in [5.41, 5.74) is 5.75. The number of carbonyl (C=O) groups excluding carboxylic acids is 2. The molecule has 6 rings (SSSR count). The molecule has 0 heterocycles. The topological polar surface area (TPSA) is 108 Å². The molecule has 0 radical (unpaired) electrons. The van der Waals surface area contributed by atoms with E-state index in [0.29, 0.717) is 5.56 Å². The Morgan fingerprint density at radius 3 is 1.87 bits per heavy atom. The minimum Gasteiger partial charge on any atom is -0.460 e. The first kappa shape index (κ1) is 30.6. The Kier molecular flexibility index (Phi) is 9.12. The summed E-state index contributed by atoms with van der Waals surface area (Å²) in [6, 6.07) is 39.2. The highest BCUT2D eigenvalue weighted by molar-refractivity contribution is 7.87. The molecule has 0 saturated carbocycles. The maximum atomic E-state index is 13.3. The summed E-state index contributed by atoms with van der Waals surface area (Å²) in [4.78, 5) is 26.3. The lowest BCUT2D eigenvalue weighted by molar-refractivity contribution is -0.146. The van der Waals surface area contributed by atoms with Crippen LogP contribution in [0.4, 0.5) is 4.79 Å². The molecule has 0 aromatic heterocycles. The van der Waals surface area contributed by atoms with Crippen molar-refractivity contribution in [3.63, 3.8) is 0 Å². The third-order valence-electron chi connectivity index (χ3n) is 7.82. The second kappa shape index (κ2) is 13.7. The minimum absolute atomic E-state index is 0.0220. The van der Waals surface area contributed by atoms with Crippen LogP contribution < -0.4 is 9.50 Å². The van der Waals surface area contributed by atoms with Crippen LogP contribution in [-0.4, -0.2) is 33.6 Å². The number of amides is 1. The second-order valence-corrected chi connectivity index (χ2v) is 12.3. The average molecular weight is 634 g/mol. The molecule has 1 atom stereocenters. The lowest BCUT2D eigenvalue weighted by Gasteiger charge is -2.19. The van der Waals surface area contributed by atoms with E-state index in [0.717, 1.165) is 27.8 Å². The Morgan fingerprint density at radius 2 is 1.24 bits per heavy atom. The van der Waals surface area contributed by atoms with Gasteiger partial charge in [-0.05, 0) is 57.6 Å². The van der Waals surface area contributed by atoms with Crippen molar-refractivity contribution in [2.45, 2.75) is 23.3 Å². The van der Waals surface area contributed by atoms with Crippen LogP contribution >= 0.6 is 0 Å². The molecule has 8 nitrogen and oxygen atoms in total. The second-order valence-electron chi connectivity index (χ2n) is 10.8. The summed E-state index contributed by atoms with van der Waals surface area (Å²) < 4.78 is 41.9. The summed E-state index contributed by atoms with van der Waals surface area (Å²) in [5.74, 6) is -1.49. The number of nitrogens with one attached hydrogen (secondary N) is 1. The van der Waals surface area contributed by atoms with Crippen molar-refractivity contribution in [2.24, 2.45) is 0 Å². The highest BCUT2D eigenvalue weighted by atomic mass is 32.2. The zero-order chi connectivity index (χ0) is 31.9. The Balaban J connectivity index is 1.14. The largest absolute Gasteiger partial charge is 0.460 e. The number of benzene rings is 5. The van der Waals surface area contributed by atoms with Crippen molar-refractivity contribution in [1.82, 2.24) is 5.32 Å². The number of hydrogen-bond acceptors (Lipinski definition) is 7. The van der Waals surface area contributed by atoms with Crippen LogP contribution in [0.3, 0.4) is 0 Å². The molecule has 0 spiro atoms. The van der Waals surface area contributed by atoms with E-state index in [1.807, 2.05) is 66.7 Å². The number of fused-ring (bicyclic) bond motifs is 3.